The number of Topliss-reactive ketones (excluding diaryl/α,β-unsaturated/α-hetero) is 1. The molecule has 0 N–H and O–H groups in total. The summed E-state index contributed by atoms with van der Waals surface area (Å²) < 4.78 is 0. The summed E-state index contributed by atoms with van der Waals surface area (Å²) in [6.45, 7) is 1.56. The van der Waals surface area contributed by atoms with Gasteiger partial charge >= 0.3 is 0 Å². The van der Waals surface area contributed by atoms with Crippen LogP contribution in [0.25, 0.3) is 0 Å². The van der Waals surface area contributed by atoms with Crippen LogP contribution < -0.4 is 5.11 Å². The van der Waals surface area contributed by atoms with E-state index in [4.69, 9.17) is 11.6 Å². The van der Waals surface area contributed by atoms with Gasteiger partial charge in [0.1, 0.15) is 0 Å². The summed E-state index contributed by atoms with van der Waals surface area (Å²) in [5.74, 6) is -2.00. The van der Waals surface area contributed by atoms with Crippen LogP contribution in [0.4, 0.5) is 0 Å². The van der Waals surface area contributed by atoms with E-state index in [1.54, 1.807) is 31.2 Å². The molecule has 15 heavy (non-hydrogen) atoms. The highest BCUT2D eigenvalue weighted by atomic mass is 35.5. The van der Waals surface area contributed by atoms with E-state index in [9.17, 15) is 14.7 Å². The number of hydrogen-bond acceptors (Lipinski definition) is 3. The monoisotopic (exact) mass is 225 g/mol. The van der Waals surface area contributed by atoms with E-state index in [0.29, 0.717) is 10.6 Å². The first kappa shape index (κ1) is 11.7. The lowest BCUT2D eigenvalue weighted by Crippen LogP contribution is -2.27. The van der Waals surface area contributed by atoms with Gasteiger partial charge in [-0.15, -0.1) is 0 Å². The second-order valence-corrected chi connectivity index (χ2v) is 3.78. The van der Waals surface area contributed by atoms with Crippen molar-refractivity contribution in [1.82, 2.24) is 0 Å². The number of carboxylic acid groups (broad SMARTS) is 1. The van der Waals surface area contributed by atoms with Crippen LogP contribution in [-0.2, 0) is 4.79 Å². The third-order valence-corrected chi connectivity index (χ3v) is 2.30. The minimum absolute atomic E-state index is 0.212. The van der Waals surface area contributed by atoms with Crippen molar-refractivity contribution in [2.75, 3.05) is 0 Å². The molecule has 0 aromatic heterocycles. The molecule has 0 saturated heterocycles. The summed E-state index contributed by atoms with van der Waals surface area (Å²) in [6, 6.07) is 6.36. The second kappa shape index (κ2) is 4.94. The standard InChI is InChI=1S/C11H11ClO3/c1-7(6-10(13)14)11(15)8-2-4-9(12)5-3-8/h2-5,7H,6H2,1H3,(H,13,14)/p-1/t7-/m1/s1. The molecule has 0 fully saturated rings. The van der Waals surface area contributed by atoms with E-state index in [0.717, 1.165) is 0 Å². The van der Waals surface area contributed by atoms with Crippen molar-refractivity contribution in [2.24, 2.45) is 5.92 Å². The van der Waals surface area contributed by atoms with Gasteiger partial charge in [0.05, 0.1) is 0 Å². The number of benzene rings is 1. The molecule has 0 bridgehead atoms. The van der Waals surface area contributed by atoms with Gasteiger partial charge in [0.2, 0.25) is 0 Å². The van der Waals surface area contributed by atoms with Crippen LogP contribution in [-0.4, -0.2) is 11.8 Å². The largest absolute Gasteiger partial charge is 0.550 e. The van der Waals surface area contributed by atoms with E-state index in [1.807, 2.05) is 0 Å². The number of carbonyl (C=O) groups excluding carboxylic acids is 2. The molecule has 0 heterocycles. The highest BCUT2D eigenvalue weighted by molar-refractivity contribution is 6.30. The number of halogens is 1. The van der Waals surface area contributed by atoms with Gasteiger partial charge in [-0.2, -0.15) is 0 Å². The first-order valence-electron chi connectivity index (χ1n) is 4.50. The number of ketones is 1. The number of carbonyl (C=O) groups is 2. The Balaban J connectivity index is 2.76. The van der Waals surface area contributed by atoms with E-state index in [1.165, 1.54) is 0 Å². The first-order chi connectivity index (χ1) is 7.00. The van der Waals surface area contributed by atoms with Crippen molar-refractivity contribution in [1.29, 1.82) is 0 Å². The molecule has 80 valence electrons. The lowest BCUT2D eigenvalue weighted by Gasteiger charge is -2.10. The number of hydrogen-bond donors (Lipinski definition) is 0. The summed E-state index contributed by atoms with van der Waals surface area (Å²) in [6.07, 6.45) is -0.262. The van der Waals surface area contributed by atoms with Crippen LogP contribution in [0.3, 0.4) is 0 Å². The minimum Gasteiger partial charge on any atom is -0.550 e. The highest BCUT2D eigenvalue weighted by Crippen LogP contribution is 2.14. The maximum atomic E-state index is 11.7. The van der Waals surface area contributed by atoms with Crippen LogP contribution in [0.1, 0.15) is 23.7 Å². The molecule has 0 spiro atoms. The lowest BCUT2D eigenvalue weighted by atomic mass is 9.97. The summed E-state index contributed by atoms with van der Waals surface area (Å²) >= 11 is 5.66. The lowest BCUT2D eigenvalue weighted by molar-refractivity contribution is -0.306. The summed E-state index contributed by atoms with van der Waals surface area (Å²) in [4.78, 5) is 22.0. The van der Waals surface area contributed by atoms with Crippen molar-refractivity contribution in [3.8, 4) is 0 Å². The Morgan fingerprint density at radius 2 is 1.87 bits per heavy atom. The van der Waals surface area contributed by atoms with Crippen LogP contribution in [0, 0.1) is 5.92 Å². The summed E-state index contributed by atoms with van der Waals surface area (Å²) in [7, 11) is 0. The fourth-order valence-electron chi connectivity index (χ4n) is 1.24. The Kier molecular flexibility index (Phi) is 3.86. The Morgan fingerprint density at radius 1 is 1.33 bits per heavy atom. The highest BCUT2D eigenvalue weighted by Gasteiger charge is 2.14. The molecule has 3 nitrogen and oxygen atoms in total. The van der Waals surface area contributed by atoms with Crippen LogP contribution >= 0.6 is 11.6 Å². The van der Waals surface area contributed by atoms with Crippen molar-refractivity contribution in [2.45, 2.75) is 13.3 Å². The third kappa shape index (κ3) is 3.36. The van der Waals surface area contributed by atoms with E-state index in [2.05, 4.69) is 0 Å². The molecule has 0 saturated carbocycles. The van der Waals surface area contributed by atoms with Gasteiger partial charge in [-0.25, -0.2) is 0 Å². The number of rotatable bonds is 4. The Bertz CT molecular complexity index is 370. The Morgan fingerprint density at radius 3 is 2.33 bits per heavy atom. The molecule has 0 aliphatic carbocycles. The fraction of sp³-hybridized carbons (Fsp3) is 0.273. The number of aliphatic carboxylic acids is 1. The molecule has 1 aromatic rings. The van der Waals surface area contributed by atoms with Gasteiger partial charge in [-0.3, -0.25) is 4.79 Å². The molecule has 0 unspecified atom stereocenters. The predicted octanol–water partition coefficient (Wildman–Crippen LogP) is 1.30. The van der Waals surface area contributed by atoms with E-state index in [-0.39, 0.29) is 12.2 Å². The smallest absolute Gasteiger partial charge is 0.166 e. The molecule has 1 aromatic carbocycles. The van der Waals surface area contributed by atoms with Crippen LogP contribution in [0.15, 0.2) is 24.3 Å². The SMILES string of the molecule is C[C@H](CC(=O)[O-])C(=O)c1ccc(Cl)cc1. The molecule has 4 heteroatoms. The fourth-order valence-corrected chi connectivity index (χ4v) is 1.37. The van der Waals surface area contributed by atoms with Crippen LogP contribution in [0.5, 0.6) is 0 Å². The second-order valence-electron chi connectivity index (χ2n) is 3.35. The molecule has 0 aliphatic rings. The molecule has 1 rings (SSSR count). The van der Waals surface area contributed by atoms with Gasteiger partial charge in [-0.05, 0) is 30.7 Å². The summed E-state index contributed by atoms with van der Waals surface area (Å²) in [5, 5.41) is 10.9. The molecule has 0 radical (unpaired) electrons. The first-order valence-corrected chi connectivity index (χ1v) is 4.88. The normalized spacial score (nSPS) is 12.1. The van der Waals surface area contributed by atoms with Gasteiger partial charge in [-0.1, -0.05) is 18.5 Å². The summed E-state index contributed by atoms with van der Waals surface area (Å²) in [5.41, 5.74) is 0.466. The maximum Gasteiger partial charge on any atom is 0.166 e. The predicted molar refractivity (Wildman–Crippen MR) is 54.6 cm³/mol. The molecule has 0 amide bonds. The minimum atomic E-state index is -1.22. The zero-order chi connectivity index (χ0) is 11.4. The molecule has 1 atom stereocenters. The van der Waals surface area contributed by atoms with Crippen LogP contribution in [0.2, 0.25) is 5.02 Å². The topological polar surface area (TPSA) is 57.2 Å². The average Bonchev–Trinajstić information content (AvgIpc) is 2.17. The quantitative estimate of drug-likeness (QED) is 0.726. The van der Waals surface area contributed by atoms with Gasteiger partial charge in [0.25, 0.3) is 0 Å². The average molecular weight is 226 g/mol. The van der Waals surface area contributed by atoms with Gasteiger partial charge in [0.15, 0.2) is 5.78 Å². The van der Waals surface area contributed by atoms with Crippen molar-refractivity contribution >= 4 is 23.4 Å². The van der Waals surface area contributed by atoms with E-state index >= 15 is 0 Å². The Labute approximate surface area is 92.7 Å². The van der Waals surface area contributed by atoms with Crippen molar-refractivity contribution < 1.29 is 14.7 Å². The third-order valence-electron chi connectivity index (χ3n) is 2.05. The van der Waals surface area contributed by atoms with E-state index < -0.39 is 11.9 Å². The van der Waals surface area contributed by atoms with Crippen molar-refractivity contribution in [3.05, 3.63) is 34.9 Å². The van der Waals surface area contributed by atoms with Crippen molar-refractivity contribution in [3.63, 3.8) is 0 Å². The molecular formula is C11H10ClO3-. The zero-order valence-corrected chi connectivity index (χ0v) is 8.95. The van der Waals surface area contributed by atoms with Gasteiger partial charge < -0.3 is 9.90 Å². The Hall–Kier alpha value is -1.35. The zero-order valence-electron chi connectivity index (χ0n) is 8.20. The van der Waals surface area contributed by atoms with Gasteiger partial charge in [0, 0.05) is 22.5 Å². The molecular weight excluding hydrogens is 216 g/mol. The maximum absolute atomic E-state index is 11.7. The molecule has 0 aliphatic heterocycles. The number of carboxylic acids is 1.